The van der Waals surface area contributed by atoms with E-state index in [-0.39, 0.29) is 12.1 Å². The number of alkyl halides is 1. The summed E-state index contributed by atoms with van der Waals surface area (Å²) in [6, 6.07) is 0. The van der Waals surface area contributed by atoms with Crippen LogP contribution in [0.1, 0.15) is 39.2 Å². The first kappa shape index (κ1) is 21.0. The van der Waals surface area contributed by atoms with Crippen LogP contribution < -0.4 is 27.1 Å². The zero-order valence-corrected chi connectivity index (χ0v) is 17.4. The standard InChI is InChI=1S/C21H30FN7/c1-15(16-11-28-29(12-16)20(2,3)4)10-17-18(26-9-8-25-17)19(23)27-14-21(22)6-5-7-24-13-21/h8-12,24,27H,1,5-7,13-14,23H2,2-4H3/b17-10+,19-18-/t21-/m0/s1. The Hall–Kier alpha value is -2.74. The highest BCUT2D eigenvalue weighted by molar-refractivity contribution is 5.85. The number of hydrogen-bond acceptors (Lipinski definition) is 6. The van der Waals surface area contributed by atoms with Gasteiger partial charge in [0.15, 0.2) is 0 Å². The fourth-order valence-electron chi connectivity index (χ4n) is 3.19. The Bertz CT molecular complexity index is 981. The van der Waals surface area contributed by atoms with Gasteiger partial charge in [-0.3, -0.25) is 9.67 Å². The highest BCUT2D eigenvalue weighted by Crippen LogP contribution is 2.20. The minimum Gasteiger partial charge on any atom is -0.384 e. The van der Waals surface area contributed by atoms with E-state index in [2.05, 4.69) is 53.1 Å². The second-order valence-corrected chi connectivity index (χ2v) is 8.50. The van der Waals surface area contributed by atoms with E-state index in [1.165, 1.54) is 0 Å². The first-order valence-electron chi connectivity index (χ1n) is 9.84. The van der Waals surface area contributed by atoms with E-state index in [0.717, 1.165) is 24.1 Å². The van der Waals surface area contributed by atoms with Crippen LogP contribution in [-0.4, -0.2) is 45.1 Å². The number of hydrogen-bond donors (Lipinski definition) is 3. The molecule has 4 N–H and O–H groups in total. The summed E-state index contributed by atoms with van der Waals surface area (Å²) in [5.74, 6) is 0.296. The molecule has 0 spiro atoms. The molecule has 1 aliphatic rings. The van der Waals surface area contributed by atoms with Gasteiger partial charge in [-0.2, -0.15) is 5.10 Å². The Balaban J connectivity index is 1.86. The fourth-order valence-corrected chi connectivity index (χ4v) is 3.19. The zero-order valence-electron chi connectivity index (χ0n) is 17.4. The summed E-state index contributed by atoms with van der Waals surface area (Å²) >= 11 is 0. The van der Waals surface area contributed by atoms with E-state index in [1.54, 1.807) is 18.6 Å². The highest BCUT2D eigenvalue weighted by Gasteiger charge is 2.31. The van der Waals surface area contributed by atoms with Gasteiger partial charge in [0, 0.05) is 30.7 Å². The van der Waals surface area contributed by atoms with Crippen LogP contribution in [0.2, 0.25) is 0 Å². The van der Waals surface area contributed by atoms with Crippen molar-refractivity contribution in [3.63, 3.8) is 0 Å². The zero-order chi connectivity index (χ0) is 21.1. The van der Waals surface area contributed by atoms with Gasteiger partial charge in [0.1, 0.15) is 16.8 Å². The quantitative estimate of drug-likeness (QED) is 0.683. The molecule has 29 heavy (non-hydrogen) atoms. The fraction of sp³-hybridized carbons (Fsp3) is 0.476. The smallest absolute Gasteiger partial charge is 0.140 e. The third-order valence-corrected chi connectivity index (χ3v) is 4.95. The summed E-state index contributed by atoms with van der Waals surface area (Å²) in [7, 11) is 0. The summed E-state index contributed by atoms with van der Waals surface area (Å²) in [4.78, 5) is 8.72. The Morgan fingerprint density at radius 3 is 2.83 bits per heavy atom. The number of halogens is 1. The van der Waals surface area contributed by atoms with Gasteiger partial charge in [-0.15, -0.1) is 0 Å². The minimum absolute atomic E-state index is 0.116. The van der Waals surface area contributed by atoms with Crippen LogP contribution in [0, 0.1) is 0 Å². The molecule has 2 aromatic rings. The van der Waals surface area contributed by atoms with E-state index >= 15 is 0 Å². The van der Waals surface area contributed by atoms with Crippen molar-refractivity contribution in [2.75, 3.05) is 19.6 Å². The summed E-state index contributed by atoms with van der Waals surface area (Å²) < 4.78 is 16.7. The van der Waals surface area contributed by atoms with E-state index in [4.69, 9.17) is 5.73 Å². The maximum Gasteiger partial charge on any atom is 0.140 e. The molecule has 0 radical (unpaired) electrons. The van der Waals surface area contributed by atoms with Crippen molar-refractivity contribution in [2.24, 2.45) is 5.73 Å². The number of nitrogens with one attached hydrogen (secondary N) is 2. The molecule has 7 nitrogen and oxygen atoms in total. The topological polar surface area (TPSA) is 93.7 Å². The van der Waals surface area contributed by atoms with Crippen LogP contribution in [0.4, 0.5) is 4.39 Å². The molecule has 1 atom stereocenters. The molecular weight excluding hydrogens is 369 g/mol. The predicted octanol–water partition coefficient (Wildman–Crippen LogP) is 0.628. The van der Waals surface area contributed by atoms with Gasteiger partial charge in [-0.1, -0.05) is 6.58 Å². The summed E-state index contributed by atoms with van der Waals surface area (Å²) in [5.41, 5.74) is 6.39. The first-order chi connectivity index (χ1) is 13.7. The molecule has 8 heteroatoms. The van der Waals surface area contributed by atoms with Crippen molar-refractivity contribution in [3.05, 3.63) is 47.6 Å². The lowest BCUT2D eigenvalue weighted by atomic mass is 9.96. The van der Waals surface area contributed by atoms with Crippen LogP contribution in [0.3, 0.4) is 0 Å². The highest BCUT2D eigenvalue weighted by atomic mass is 19.1. The van der Waals surface area contributed by atoms with Crippen molar-refractivity contribution < 1.29 is 4.39 Å². The van der Waals surface area contributed by atoms with Crippen LogP contribution in [0.25, 0.3) is 17.5 Å². The van der Waals surface area contributed by atoms with Gasteiger partial charge in [0.25, 0.3) is 0 Å². The lowest BCUT2D eigenvalue weighted by Crippen LogP contribution is -2.50. The molecule has 0 amide bonds. The van der Waals surface area contributed by atoms with Gasteiger partial charge in [0.2, 0.25) is 0 Å². The van der Waals surface area contributed by atoms with Crippen molar-refractivity contribution in [1.29, 1.82) is 0 Å². The third kappa shape index (κ3) is 5.20. The number of aromatic nitrogens is 4. The molecule has 0 unspecified atom stereocenters. The minimum atomic E-state index is -1.32. The van der Waals surface area contributed by atoms with Crippen LogP contribution in [-0.2, 0) is 5.54 Å². The summed E-state index contributed by atoms with van der Waals surface area (Å²) in [6.07, 6.45) is 10.0. The van der Waals surface area contributed by atoms with Crippen molar-refractivity contribution in [3.8, 4) is 0 Å². The van der Waals surface area contributed by atoms with Gasteiger partial charge >= 0.3 is 0 Å². The molecule has 0 saturated carbocycles. The van der Waals surface area contributed by atoms with Gasteiger partial charge in [0.05, 0.1) is 23.6 Å². The van der Waals surface area contributed by atoms with Crippen LogP contribution in [0.15, 0.2) is 31.4 Å². The summed E-state index contributed by atoms with van der Waals surface area (Å²) in [5, 5.41) is 11.5. The Labute approximate surface area is 170 Å². The molecule has 0 aromatic carbocycles. The predicted molar refractivity (Wildman–Crippen MR) is 114 cm³/mol. The Kier molecular flexibility index (Phi) is 6.02. The molecular formula is C21H30FN7. The lowest BCUT2D eigenvalue weighted by molar-refractivity contribution is 0.125. The molecule has 3 heterocycles. The monoisotopic (exact) mass is 399 g/mol. The molecule has 2 aromatic heterocycles. The number of piperidine rings is 1. The molecule has 0 aliphatic carbocycles. The first-order valence-corrected chi connectivity index (χ1v) is 9.84. The van der Waals surface area contributed by atoms with Crippen LogP contribution in [0.5, 0.6) is 0 Å². The maximum atomic E-state index is 14.8. The largest absolute Gasteiger partial charge is 0.384 e. The second kappa shape index (κ2) is 8.32. The molecule has 1 fully saturated rings. The van der Waals surface area contributed by atoms with Crippen molar-refractivity contribution in [2.45, 2.75) is 44.8 Å². The molecule has 156 valence electrons. The van der Waals surface area contributed by atoms with Crippen molar-refractivity contribution >= 4 is 17.5 Å². The SMILES string of the molecule is C=C(/C=c1/nccn/c1=C(/N)NC[C@]1(F)CCCNC1)c1cnn(C(C)(C)C)c1. The molecule has 1 aliphatic heterocycles. The number of nitrogens with two attached hydrogens (primary N) is 1. The number of allylic oxidation sites excluding steroid dienone is 1. The molecule has 0 bridgehead atoms. The number of nitrogens with zero attached hydrogens (tertiary/aromatic N) is 4. The van der Waals surface area contributed by atoms with Crippen molar-refractivity contribution in [1.82, 2.24) is 30.4 Å². The average molecular weight is 400 g/mol. The third-order valence-electron chi connectivity index (χ3n) is 4.95. The normalized spacial score (nSPS) is 21.7. The molecule has 3 rings (SSSR count). The Morgan fingerprint density at radius 1 is 1.41 bits per heavy atom. The Morgan fingerprint density at radius 2 is 2.17 bits per heavy atom. The van der Waals surface area contributed by atoms with E-state index in [9.17, 15) is 4.39 Å². The van der Waals surface area contributed by atoms with Gasteiger partial charge in [-0.25, -0.2) is 9.37 Å². The molecule has 1 saturated heterocycles. The van der Waals surface area contributed by atoms with Crippen LogP contribution >= 0.6 is 0 Å². The van der Waals surface area contributed by atoms with Gasteiger partial charge in [-0.05, 0) is 51.8 Å². The lowest BCUT2D eigenvalue weighted by Gasteiger charge is -2.30. The van der Waals surface area contributed by atoms with Gasteiger partial charge < -0.3 is 16.4 Å². The summed E-state index contributed by atoms with van der Waals surface area (Å²) in [6.45, 7) is 11.7. The van der Waals surface area contributed by atoms with E-state index in [0.29, 0.717) is 29.5 Å². The van der Waals surface area contributed by atoms with E-state index in [1.807, 2.05) is 17.0 Å². The number of rotatable bonds is 5. The van der Waals surface area contributed by atoms with E-state index < -0.39 is 5.67 Å². The maximum absolute atomic E-state index is 14.8. The second-order valence-electron chi connectivity index (χ2n) is 8.50. The average Bonchev–Trinajstić information content (AvgIpc) is 3.18.